The van der Waals surface area contributed by atoms with E-state index in [0.29, 0.717) is 6.42 Å². The molecule has 1 aliphatic carbocycles. The highest BCUT2D eigenvalue weighted by molar-refractivity contribution is 5.81. The predicted molar refractivity (Wildman–Crippen MR) is 45.3 cm³/mol. The largest absolute Gasteiger partial charge is 0.481 e. The Labute approximate surface area is 70.8 Å². The van der Waals surface area contributed by atoms with E-state index in [4.69, 9.17) is 5.11 Å². The predicted octanol–water partition coefficient (Wildman–Crippen LogP) is 1.72. The minimum atomic E-state index is -0.697. The lowest BCUT2D eigenvalue weighted by atomic mass is 9.75. The summed E-state index contributed by atoms with van der Waals surface area (Å²) in [6.45, 7) is 1.97. The number of carboxylic acids is 1. The smallest absolute Gasteiger partial charge is 0.311 e. The molecule has 0 spiro atoms. The summed E-state index contributed by atoms with van der Waals surface area (Å²) in [5.41, 5.74) is 3.33. The van der Waals surface area contributed by atoms with E-state index in [1.807, 2.05) is 25.1 Å². The first kappa shape index (κ1) is 7.35. The topological polar surface area (TPSA) is 37.3 Å². The van der Waals surface area contributed by atoms with E-state index in [-0.39, 0.29) is 5.92 Å². The van der Waals surface area contributed by atoms with Crippen LogP contribution in [0.1, 0.15) is 22.6 Å². The lowest BCUT2D eigenvalue weighted by Gasteiger charge is -2.28. The highest BCUT2D eigenvalue weighted by atomic mass is 16.4. The first-order chi connectivity index (χ1) is 5.70. The van der Waals surface area contributed by atoms with Crippen LogP contribution in [-0.2, 0) is 11.2 Å². The number of hydrogen-bond acceptors (Lipinski definition) is 1. The van der Waals surface area contributed by atoms with Gasteiger partial charge in [0.25, 0.3) is 0 Å². The SMILES string of the molecule is Cc1cccc2c1C(C(=O)O)C2. The molecule has 0 saturated carbocycles. The number of carboxylic acid groups (broad SMARTS) is 1. The summed E-state index contributed by atoms with van der Waals surface area (Å²) in [5.74, 6) is -0.946. The van der Waals surface area contributed by atoms with Crippen molar-refractivity contribution in [1.29, 1.82) is 0 Å². The van der Waals surface area contributed by atoms with E-state index in [9.17, 15) is 4.79 Å². The Kier molecular flexibility index (Phi) is 1.43. The number of aliphatic carboxylic acids is 1. The molecule has 1 aliphatic rings. The van der Waals surface area contributed by atoms with Crippen LogP contribution in [0.15, 0.2) is 18.2 Å². The lowest BCUT2D eigenvalue weighted by molar-refractivity contribution is -0.139. The van der Waals surface area contributed by atoms with Gasteiger partial charge in [0.1, 0.15) is 0 Å². The van der Waals surface area contributed by atoms with Crippen LogP contribution in [0.25, 0.3) is 0 Å². The molecule has 0 saturated heterocycles. The van der Waals surface area contributed by atoms with E-state index < -0.39 is 5.97 Å². The van der Waals surface area contributed by atoms with Gasteiger partial charge in [-0.05, 0) is 30.0 Å². The molecule has 1 N–H and O–H groups in total. The van der Waals surface area contributed by atoms with Crippen LogP contribution in [-0.4, -0.2) is 11.1 Å². The molecule has 0 heterocycles. The lowest BCUT2D eigenvalue weighted by Crippen LogP contribution is -2.25. The maximum Gasteiger partial charge on any atom is 0.311 e. The zero-order valence-corrected chi connectivity index (χ0v) is 6.87. The molecule has 62 valence electrons. The van der Waals surface area contributed by atoms with Gasteiger partial charge in [-0.3, -0.25) is 4.79 Å². The van der Waals surface area contributed by atoms with E-state index in [1.165, 1.54) is 5.56 Å². The van der Waals surface area contributed by atoms with Gasteiger partial charge < -0.3 is 5.11 Å². The normalized spacial score (nSPS) is 19.6. The van der Waals surface area contributed by atoms with Crippen molar-refractivity contribution in [3.8, 4) is 0 Å². The van der Waals surface area contributed by atoms with Crippen LogP contribution < -0.4 is 0 Å². The molecule has 0 amide bonds. The summed E-state index contributed by atoms with van der Waals surface area (Å²) in [7, 11) is 0. The molecule has 1 atom stereocenters. The van der Waals surface area contributed by atoms with Gasteiger partial charge in [-0.15, -0.1) is 0 Å². The van der Waals surface area contributed by atoms with Crippen LogP contribution in [0.5, 0.6) is 0 Å². The Morgan fingerprint density at radius 1 is 1.58 bits per heavy atom. The fourth-order valence-corrected chi connectivity index (χ4v) is 1.82. The second-order valence-electron chi connectivity index (χ2n) is 3.24. The molecule has 1 unspecified atom stereocenters. The molecule has 12 heavy (non-hydrogen) atoms. The van der Waals surface area contributed by atoms with Crippen molar-refractivity contribution in [2.75, 3.05) is 0 Å². The number of benzene rings is 1. The van der Waals surface area contributed by atoms with E-state index in [0.717, 1.165) is 11.1 Å². The number of aryl methyl sites for hydroxylation is 1. The van der Waals surface area contributed by atoms with Gasteiger partial charge in [0.15, 0.2) is 0 Å². The van der Waals surface area contributed by atoms with Gasteiger partial charge in [-0.25, -0.2) is 0 Å². The molecule has 2 nitrogen and oxygen atoms in total. The van der Waals surface area contributed by atoms with Crippen LogP contribution in [0, 0.1) is 6.92 Å². The highest BCUT2D eigenvalue weighted by Gasteiger charge is 2.32. The molecule has 0 radical (unpaired) electrons. The summed E-state index contributed by atoms with van der Waals surface area (Å²) in [6.07, 6.45) is 0.701. The molecule has 2 heteroatoms. The molecule has 0 fully saturated rings. The van der Waals surface area contributed by atoms with Gasteiger partial charge in [-0.1, -0.05) is 18.2 Å². The molecule has 0 bridgehead atoms. The van der Waals surface area contributed by atoms with Gasteiger partial charge in [0, 0.05) is 0 Å². The van der Waals surface area contributed by atoms with E-state index in [1.54, 1.807) is 0 Å². The zero-order chi connectivity index (χ0) is 8.72. The van der Waals surface area contributed by atoms with E-state index in [2.05, 4.69) is 0 Å². The van der Waals surface area contributed by atoms with Crippen molar-refractivity contribution in [3.05, 3.63) is 34.9 Å². The Balaban J connectivity index is 2.45. The fraction of sp³-hybridized carbons (Fsp3) is 0.300. The molecule has 1 aromatic carbocycles. The van der Waals surface area contributed by atoms with Gasteiger partial charge >= 0.3 is 5.97 Å². The molecular formula is C10H10O2. The van der Waals surface area contributed by atoms with Crippen molar-refractivity contribution < 1.29 is 9.90 Å². The van der Waals surface area contributed by atoms with E-state index >= 15 is 0 Å². The van der Waals surface area contributed by atoms with Crippen LogP contribution in [0.3, 0.4) is 0 Å². The number of rotatable bonds is 1. The third-order valence-corrected chi connectivity index (χ3v) is 2.49. The molecule has 2 rings (SSSR count). The molecule has 1 aromatic rings. The third-order valence-electron chi connectivity index (χ3n) is 2.49. The Hall–Kier alpha value is -1.31. The van der Waals surface area contributed by atoms with Crippen molar-refractivity contribution in [3.63, 3.8) is 0 Å². The summed E-state index contributed by atoms with van der Waals surface area (Å²) >= 11 is 0. The Bertz CT molecular complexity index is 327. The molecule has 0 aromatic heterocycles. The van der Waals surface area contributed by atoms with Crippen molar-refractivity contribution >= 4 is 5.97 Å². The first-order valence-corrected chi connectivity index (χ1v) is 4.01. The van der Waals surface area contributed by atoms with Crippen molar-refractivity contribution in [2.45, 2.75) is 19.3 Å². The van der Waals surface area contributed by atoms with Crippen LogP contribution >= 0.6 is 0 Å². The van der Waals surface area contributed by atoms with Crippen LogP contribution in [0.2, 0.25) is 0 Å². The summed E-state index contributed by atoms with van der Waals surface area (Å²) in [6, 6.07) is 5.95. The quantitative estimate of drug-likeness (QED) is 0.682. The molecular weight excluding hydrogens is 152 g/mol. The maximum atomic E-state index is 10.7. The Morgan fingerprint density at radius 2 is 2.33 bits per heavy atom. The second-order valence-corrected chi connectivity index (χ2v) is 3.24. The van der Waals surface area contributed by atoms with Crippen LogP contribution in [0.4, 0.5) is 0 Å². The van der Waals surface area contributed by atoms with Gasteiger partial charge in [-0.2, -0.15) is 0 Å². The standard InChI is InChI=1S/C10H10O2/c1-6-3-2-4-7-5-8(9(6)7)10(11)12/h2-4,8H,5H2,1H3,(H,11,12). The summed E-state index contributed by atoms with van der Waals surface area (Å²) in [5, 5.41) is 8.80. The average Bonchev–Trinajstić information content (AvgIpc) is 1.91. The number of fused-ring (bicyclic) bond motifs is 1. The average molecular weight is 162 g/mol. The number of hydrogen-bond donors (Lipinski definition) is 1. The number of carbonyl (C=O) groups is 1. The van der Waals surface area contributed by atoms with Gasteiger partial charge in [0.2, 0.25) is 0 Å². The summed E-state index contributed by atoms with van der Waals surface area (Å²) in [4.78, 5) is 10.7. The zero-order valence-electron chi connectivity index (χ0n) is 6.87. The monoisotopic (exact) mass is 162 g/mol. The first-order valence-electron chi connectivity index (χ1n) is 4.01. The maximum absolute atomic E-state index is 10.7. The van der Waals surface area contributed by atoms with Crippen molar-refractivity contribution in [2.24, 2.45) is 0 Å². The third kappa shape index (κ3) is 0.843. The second kappa shape index (κ2) is 2.34. The summed E-state index contributed by atoms with van der Waals surface area (Å²) < 4.78 is 0. The van der Waals surface area contributed by atoms with Gasteiger partial charge in [0.05, 0.1) is 5.92 Å². The van der Waals surface area contributed by atoms with Crippen molar-refractivity contribution in [1.82, 2.24) is 0 Å². The minimum absolute atomic E-state index is 0.249. The highest BCUT2D eigenvalue weighted by Crippen LogP contribution is 2.37. The molecule has 0 aliphatic heterocycles. The fourth-order valence-electron chi connectivity index (χ4n) is 1.82. The Morgan fingerprint density at radius 3 is 2.92 bits per heavy atom. The minimum Gasteiger partial charge on any atom is -0.481 e.